The largest absolute Gasteiger partial charge is 0.495 e. The van der Waals surface area contributed by atoms with E-state index in [0.717, 1.165) is 41.4 Å². The Morgan fingerprint density at radius 1 is 0.963 bits per heavy atom. The summed E-state index contributed by atoms with van der Waals surface area (Å²) in [4.78, 5) is 16.7. The van der Waals surface area contributed by atoms with Crippen molar-refractivity contribution in [3.63, 3.8) is 0 Å². The summed E-state index contributed by atoms with van der Waals surface area (Å²) in [5, 5.41) is 0. The van der Waals surface area contributed by atoms with Crippen molar-refractivity contribution in [2.45, 2.75) is 20.8 Å². The number of hydrogen-bond acceptors (Lipinski definition) is 4. The molecule has 0 atom stereocenters. The second-order valence-electron chi connectivity index (χ2n) is 6.98. The summed E-state index contributed by atoms with van der Waals surface area (Å²) >= 11 is 0. The lowest BCUT2D eigenvalue weighted by molar-refractivity contribution is -0.133. The van der Waals surface area contributed by atoms with E-state index in [1.807, 2.05) is 43.0 Å². The molecule has 1 heterocycles. The summed E-state index contributed by atoms with van der Waals surface area (Å²) in [6.07, 6.45) is 0. The van der Waals surface area contributed by atoms with Gasteiger partial charge in [0.05, 0.1) is 12.8 Å². The Morgan fingerprint density at radius 3 is 2.33 bits per heavy atom. The molecule has 0 saturated carbocycles. The van der Waals surface area contributed by atoms with E-state index in [2.05, 4.69) is 24.0 Å². The SMILES string of the molecule is COc1ccccc1N1CCN(C(=O)COc2c(C)ccc(C)c2C)CC1. The quantitative estimate of drug-likeness (QED) is 0.812. The molecule has 27 heavy (non-hydrogen) atoms. The third kappa shape index (κ3) is 4.18. The van der Waals surface area contributed by atoms with Crippen molar-refractivity contribution in [2.75, 3.05) is 44.8 Å². The van der Waals surface area contributed by atoms with E-state index in [1.165, 1.54) is 5.56 Å². The van der Waals surface area contributed by atoms with Gasteiger partial charge in [-0.15, -0.1) is 0 Å². The van der Waals surface area contributed by atoms with Crippen LogP contribution in [0.25, 0.3) is 0 Å². The number of rotatable bonds is 5. The molecule has 0 spiro atoms. The van der Waals surface area contributed by atoms with Crippen LogP contribution in [-0.4, -0.2) is 50.7 Å². The number of ether oxygens (including phenoxy) is 2. The number of nitrogens with zero attached hydrogens (tertiary/aromatic N) is 2. The van der Waals surface area contributed by atoms with Gasteiger partial charge in [-0.2, -0.15) is 0 Å². The van der Waals surface area contributed by atoms with Gasteiger partial charge < -0.3 is 19.3 Å². The topological polar surface area (TPSA) is 42.0 Å². The van der Waals surface area contributed by atoms with E-state index < -0.39 is 0 Å². The van der Waals surface area contributed by atoms with Crippen molar-refractivity contribution in [2.24, 2.45) is 0 Å². The lowest BCUT2D eigenvalue weighted by atomic mass is 10.1. The highest BCUT2D eigenvalue weighted by molar-refractivity contribution is 5.78. The van der Waals surface area contributed by atoms with Crippen LogP contribution in [0.15, 0.2) is 36.4 Å². The first-order valence-electron chi connectivity index (χ1n) is 9.36. The van der Waals surface area contributed by atoms with Gasteiger partial charge in [-0.1, -0.05) is 24.3 Å². The lowest BCUT2D eigenvalue weighted by Gasteiger charge is -2.36. The Kier molecular flexibility index (Phi) is 5.89. The number of methoxy groups -OCH3 is 1. The van der Waals surface area contributed by atoms with Crippen molar-refractivity contribution in [1.29, 1.82) is 0 Å². The van der Waals surface area contributed by atoms with Gasteiger partial charge in [0.2, 0.25) is 0 Å². The molecule has 1 aliphatic heterocycles. The molecule has 1 fully saturated rings. The zero-order valence-corrected chi connectivity index (χ0v) is 16.6. The first kappa shape index (κ1) is 19.1. The maximum Gasteiger partial charge on any atom is 0.260 e. The minimum absolute atomic E-state index is 0.0370. The number of benzene rings is 2. The summed E-state index contributed by atoms with van der Waals surface area (Å²) in [6, 6.07) is 12.1. The van der Waals surface area contributed by atoms with Crippen LogP contribution in [0.2, 0.25) is 0 Å². The predicted octanol–water partition coefficient (Wildman–Crippen LogP) is 3.35. The average Bonchev–Trinajstić information content (AvgIpc) is 2.70. The number of piperazine rings is 1. The van der Waals surface area contributed by atoms with Crippen molar-refractivity contribution in [3.8, 4) is 11.5 Å². The van der Waals surface area contributed by atoms with Crippen LogP contribution in [0.1, 0.15) is 16.7 Å². The van der Waals surface area contributed by atoms with Gasteiger partial charge >= 0.3 is 0 Å². The van der Waals surface area contributed by atoms with Gasteiger partial charge in [-0.25, -0.2) is 0 Å². The first-order chi connectivity index (χ1) is 13.0. The molecule has 5 nitrogen and oxygen atoms in total. The highest BCUT2D eigenvalue weighted by atomic mass is 16.5. The van der Waals surface area contributed by atoms with E-state index in [1.54, 1.807) is 7.11 Å². The third-order valence-corrected chi connectivity index (χ3v) is 5.27. The van der Waals surface area contributed by atoms with Gasteiger partial charge in [-0.05, 0) is 49.6 Å². The van der Waals surface area contributed by atoms with E-state index in [9.17, 15) is 4.79 Å². The van der Waals surface area contributed by atoms with Crippen LogP contribution in [0.3, 0.4) is 0 Å². The zero-order chi connectivity index (χ0) is 19.4. The lowest BCUT2D eigenvalue weighted by Crippen LogP contribution is -2.50. The van der Waals surface area contributed by atoms with Crippen LogP contribution in [0, 0.1) is 20.8 Å². The normalized spacial score (nSPS) is 14.2. The summed E-state index contributed by atoms with van der Waals surface area (Å²) in [6.45, 7) is 9.13. The fraction of sp³-hybridized carbons (Fsp3) is 0.409. The van der Waals surface area contributed by atoms with Crippen LogP contribution in [0.5, 0.6) is 11.5 Å². The Balaban J connectivity index is 1.57. The van der Waals surface area contributed by atoms with Crippen molar-refractivity contribution >= 4 is 11.6 Å². The summed E-state index contributed by atoms with van der Waals surface area (Å²) in [7, 11) is 1.69. The molecule has 0 unspecified atom stereocenters. The Hall–Kier alpha value is -2.69. The minimum atomic E-state index is 0.0370. The number of para-hydroxylation sites is 2. The van der Waals surface area contributed by atoms with Crippen LogP contribution in [-0.2, 0) is 4.79 Å². The highest BCUT2D eigenvalue weighted by Crippen LogP contribution is 2.28. The van der Waals surface area contributed by atoms with E-state index >= 15 is 0 Å². The van der Waals surface area contributed by atoms with Crippen LogP contribution >= 0.6 is 0 Å². The Labute approximate surface area is 161 Å². The van der Waals surface area contributed by atoms with Gasteiger partial charge in [0.1, 0.15) is 11.5 Å². The Morgan fingerprint density at radius 2 is 1.63 bits per heavy atom. The Bertz CT molecular complexity index is 811. The molecule has 0 aliphatic carbocycles. The van der Waals surface area contributed by atoms with Gasteiger partial charge in [0.25, 0.3) is 5.91 Å². The molecule has 0 radical (unpaired) electrons. The first-order valence-corrected chi connectivity index (χ1v) is 9.36. The van der Waals surface area contributed by atoms with Crippen LogP contribution < -0.4 is 14.4 Å². The maximum atomic E-state index is 12.6. The molecule has 5 heteroatoms. The van der Waals surface area contributed by atoms with E-state index in [0.29, 0.717) is 13.1 Å². The maximum absolute atomic E-state index is 12.6. The average molecular weight is 368 g/mol. The molecule has 1 saturated heterocycles. The van der Waals surface area contributed by atoms with Gasteiger partial charge in [-0.3, -0.25) is 4.79 Å². The second kappa shape index (κ2) is 8.33. The number of aryl methyl sites for hydroxylation is 2. The highest BCUT2D eigenvalue weighted by Gasteiger charge is 2.23. The number of anilines is 1. The molecule has 144 valence electrons. The third-order valence-electron chi connectivity index (χ3n) is 5.27. The predicted molar refractivity (Wildman–Crippen MR) is 108 cm³/mol. The van der Waals surface area contributed by atoms with Gasteiger partial charge in [0.15, 0.2) is 6.61 Å². The van der Waals surface area contributed by atoms with Crippen molar-refractivity contribution in [1.82, 2.24) is 4.90 Å². The van der Waals surface area contributed by atoms with Crippen LogP contribution in [0.4, 0.5) is 5.69 Å². The minimum Gasteiger partial charge on any atom is -0.495 e. The molecular weight excluding hydrogens is 340 g/mol. The number of hydrogen-bond donors (Lipinski definition) is 0. The fourth-order valence-corrected chi connectivity index (χ4v) is 3.46. The molecule has 3 rings (SSSR count). The molecule has 2 aromatic carbocycles. The molecular formula is C22H28N2O3. The second-order valence-corrected chi connectivity index (χ2v) is 6.98. The monoisotopic (exact) mass is 368 g/mol. The fourth-order valence-electron chi connectivity index (χ4n) is 3.46. The standard InChI is InChI=1S/C22H28N2O3/c1-16-9-10-17(2)22(18(16)3)27-15-21(25)24-13-11-23(12-14-24)19-7-5-6-8-20(19)26-4/h5-10H,11-15H2,1-4H3. The van der Waals surface area contributed by atoms with Crippen molar-refractivity contribution < 1.29 is 14.3 Å². The van der Waals surface area contributed by atoms with Gasteiger partial charge in [0, 0.05) is 26.2 Å². The molecule has 0 aromatic heterocycles. The summed E-state index contributed by atoms with van der Waals surface area (Å²) in [5.41, 5.74) is 4.42. The molecule has 1 aliphatic rings. The summed E-state index contributed by atoms with van der Waals surface area (Å²) in [5.74, 6) is 1.73. The van der Waals surface area contributed by atoms with Crippen molar-refractivity contribution in [3.05, 3.63) is 53.1 Å². The van der Waals surface area contributed by atoms with E-state index in [-0.39, 0.29) is 12.5 Å². The molecule has 2 aromatic rings. The number of carbonyl (C=O) groups excluding carboxylic acids is 1. The smallest absolute Gasteiger partial charge is 0.260 e. The molecule has 1 amide bonds. The molecule has 0 bridgehead atoms. The molecule has 0 N–H and O–H groups in total. The summed E-state index contributed by atoms with van der Waals surface area (Å²) < 4.78 is 11.3. The number of amides is 1. The number of carbonyl (C=O) groups is 1. The van der Waals surface area contributed by atoms with E-state index in [4.69, 9.17) is 9.47 Å². The zero-order valence-electron chi connectivity index (χ0n) is 16.6.